The van der Waals surface area contributed by atoms with Gasteiger partial charge in [-0.3, -0.25) is 24.7 Å². The highest BCUT2D eigenvalue weighted by molar-refractivity contribution is 8.00. The van der Waals surface area contributed by atoms with Gasteiger partial charge in [0.1, 0.15) is 17.7 Å². The lowest BCUT2D eigenvalue weighted by Gasteiger charge is -2.47. The molecule has 0 bridgehead atoms. The van der Waals surface area contributed by atoms with Crippen molar-refractivity contribution in [3.8, 4) is 0 Å². The molecule has 2 saturated carbocycles. The molecule has 5 aliphatic rings. The number of amides is 2. The first-order chi connectivity index (χ1) is 27.3. The highest BCUT2D eigenvalue weighted by Gasteiger charge is 2.57. The Bertz CT molecular complexity index is 1730. The number of aromatic nitrogens is 1. The van der Waals surface area contributed by atoms with Crippen LogP contribution >= 0.6 is 11.8 Å². The number of nitrogens with one attached hydrogen (secondary N) is 4. The molecule has 2 heterocycles. The molecule has 6 atom stereocenters. The smallest absolute Gasteiger partial charge is 0.353 e. The third kappa shape index (κ3) is 9.25. The molecule has 8 N–H and O–H groups in total. The van der Waals surface area contributed by atoms with E-state index in [9.17, 15) is 44.4 Å². The second-order valence-corrected chi connectivity index (χ2v) is 17.6. The van der Waals surface area contributed by atoms with Crippen LogP contribution < -0.4 is 21.3 Å². The SMILES string of the molecule is CNCN[C@@](O)(CCC(=O)N[C@@H](CS[C@H]1C2=C3[C@@H](C=C(Cc4ccncc4)C4(CCCC4)[C@@H]3CCCCCC13CCCC3)C(=O)O2)C(=O)N[C@@H](O)C(=O)O)C(=O)O. The van der Waals surface area contributed by atoms with Crippen molar-refractivity contribution in [3.63, 3.8) is 0 Å². The number of ether oxygens (including phenoxy) is 1. The van der Waals surface area contributed by atoms with Crippen molar-refractivity contribution in [3.05, 3.63) is 53.1 Å². The quantitative estimate of drug-likeness (QED) is 0.0681. The maximum atomic E-state index is 14.1. The second kappa shape index (κ2) is 18.4. The van der Waals surface area contributed by atoms with Crippen molar-refractivity contribution in [2.24, 2.45) is 22.7 Å². The third-order valence-corrected chi connectivity index (χ3v) is 14.6. The number of carboxylic acid groups (broad SMARTS) is 2. The first-order valence-corrected chi connectivity index (χ1v) is 21.4. The molecule has 1 aromatic rings. The molecule has 16 heteroatoms. The summed E-state index contributed by atoms with van der Waals surface area (Å²) < 4.78 is 6.48. The maximum absolute atomic E-state index is 14.1. The van der Waals surface area contributed by atoms with Gasteiger partial charge in [-0.15, -0.1) is 11.8 Å². The van der Waals surface area contributed by atoms with E-state index in [1.165, 1.54) is 17.3 Å². The molecule has 2 fully saturated rings. The Hall–Kier alpha value is -3.83. The fourth-order valence-electron chi connectivity index (χ4n) is 10.2. The minimum absolute atomic E-state index is 0.0600. The molecular formula is C41H57N5O10S. The summed E-state index contributed by atoms with van der Waals surface area (Å²) in [7, 11) is 1.55. The predicted molar refractivity (Wildman–Crippen MR) is 210 cm³/mol. The average Bonchev–Trinajstić information content (AvgIpc) is 3.95. The fourth-order valence-corrected chi connectivity index (χ4v) is 11.9. The molecule has 4 aliphatic carbocycles. The van der Waals surface area contributed by atoms with Crippen molar-refractivity contribution in [1.29, 1.82) is 0 Å². The molecule has 0 unspecified atom stereocenters. The minimum atomic E-state index is -2.44. The largest absolute Gasteiger partial charge is 0.478 e. The second-order valence-electron chi connectivity index (χ2n) is 16.5. The van der Waals surface area contributed by atoms with Gasteiger partial charge in [0.25, 0.3) is 0 Å². The van der Waals surface area contributed by atoms with E-state index in [0.29, 0.717) is 5.76 Å². The molecular weight excluding hydrogens is 755 g/mol. The number of thioether (sulfide) groups is 1. The fraction of sp³-hybridized carbons (Fsp3) is 0.659. The lowest BCUT2D eigenvalue weighted by molar-refractivity contribution is -0.164. The number of aliphatic hydroxyl groups excluding tert-OH is 1. The number of aliphatic carboxylic acids is 2. The van der Waals surface area contributed by atoms with E-state index in [1.807, 2.05) is 12.1 Å². The summed E-state index contributed by atoms with van der Waals surface area (Å²) in [5.74, 6) is -5.09. The lowest BCUT2D eigenvalue weighted by Crippen LogP contribution is -2.56. The number of fused-ring (bicyclic) bond motifs is 1. The van der Waals surface area contributed by atoms with Crippen LogP contribution in [0.4, 0.5) is 0 Å². The number of pyridine rings is 1. The number of hydrogen-bond donors (Lipinski definition) is 8. The van der Waals surface area contributed by atoms with Gasteiger partial charge in [-0.1, -0.05) is 56.6 Å². The van der Waals surface area contributed by atoms with Gasteiger partial charge in [-0.25, -0.2) is 9.59 Å². The lowest BCUT2D eigenvalue weighted by atomic mass is 9.57. The molecule has 2 amide bonds. The number of esters is 1. The van der Waals surface area contributed by atoms with Crippen molar-refractivity contribution >= 4 is 41.5 Å². The summed E-state index contributed by atoms with van der Waals surface area (Å²) in [5.41, 5.74) is 0.701. The van der Waals surface area contributed by atoms with E-state index in [1.54, 1.807) is 19.4 Å². The average molecular weight is 812 g/mol. The molecule has 1 aliphatic heterocycles. The van der Waals surface area contributed by atoms with Crippen molar-refractivity contribution in [2.45, 2.75) is 126 Å². The van der Waals surface area contributed by atoms with Crippen LogP contribution in [0.15, 0.2) is 47.5 Å². The molecule has 0 radical (unpaired) electrons. The number of aliphatic hydroxyl groups is 2. The molecule has 0 saturated heterocycles. The molecule has 1 aromatic heterocycles. The maximum Gasteiger partial charge on any atom is 0.353 e. The standard InChI is InChI=1S/C41H57N5O10S/c1-42-24-44-41(55,38(53)54)18-10-30(47)45-29(34(48)46-35(49)36(50)51)23-57-33-32-31-27(37(52)56-32)22-26(21-25-11-19-43-20-12-25)40(16-7-8-17-40)28(31)9-3-2-4-13-39(33)14-5-6-15-39/h11-12,19-20,22,27-29,33,35,42,44,49,55H,2-10,13-18,21,23-24H2,1H3,(H,45,47)(H,46,48)(H,50,51)(H,53,54)/t27-,28-,29+,33+,35+,41-/m1/s1. The van der Waals surface area contributed by atoms with Gasteiger partial charge < -0.3 is 41.1 Å². The van der Waals surface area contributed by atoms with Gasteiger partial charge in [0.05, 0.1) is 5.25 Å². The van der Waals surface area contributed by atoms with Crippen LogP contribution in [0.25, 0.3) is 0 Å². The van der Waals surface area contributed by atoms with Crippen molar-refractivity contribution in [1.82, 2.24) is 26.3 Å². The zero-order valence-electron chi connectivity index (χ0n) is 32.6. The topological polar surface area (TPSA) is 237 Å². The summed E-state index contributed by atoms with van der Waals surface area (Å²) in [6.45, 7) is -0.0601. The number of rotatable bonds is 16. The number of hydrogen-bond acceptors (Lipinski definition) is 12. The van der Waals surface area contributed by atoms with Gasteiger partial charge in [0, 0.05) is 37.7 Å². The van der Waals surface area contributed by atoms with E-state index >= 15 is 0 Å². The first kappa shape index (κ1) is 42.8. The van der Waals surface area contributed by atoms with Crippen LogP contribution in [0.2, 0.25) is 0 Å². The summed E-state index contributed by atoms with van der Waals surface area (Å²) in [4.78, 5) is 68.7. The van der Waals surface area contributed by atoms with E-state index < -0.39 is 60.5 Å². The number of carboxylic acids is 2. The number of carbonyl (C=O) groups excluding carboxylic acids is 3. The highest BCUT2D eigenvalue weighted by Crippen LogP contribution is 2.63. The molecule has 0 aromatic carbocycles. The van der Waals surface area contributed by atoms with Crippen LogP contribution in [0.3, 0.4) is 0 Å². The van der Waals surface area contributed by atoms with Crippen molar-refractivity contribution < 1.29 is 49.1 Å². The molecule has 6 rings (SSSR count). The Morgan fingerprint density at radius 3 is 2.30 bits per heavy atom. The molecule has 2 spiro atoms. The van der Waals surface area contributed by atoms with E-state index in [2.05, 4.69) is 32.3 Å². The Morgan fingerprint density at radius 1 is 0.982 bits per heavy atom. The van der Waals surface area contributed by atoms with Crippen molar-refractivity contribution in [2.75, 3.05) is 19.5 Å². The van der Waals surface area contributed by atoms with Gasteiger partial charge in [0.2, 0.25) is 23.8 Å². The normalized spacial score (nSPS) is 25.8. The van der Waals surface area contributed by atoms with Crippen LogP contribution in [0, 0.1) is 22.7 Å². The van der Waals surface area contributed by atoms with E-state index in [0.717, 1.165) is 101 Å². The predicted octanol–water partition coefficient (Wildman–Crippen LogP) is 3.12. The van der Waals surface area contributed by atoms with E-state index in [-0.39, 0.29) is 40.4 Å². The van der Waals surface area contributed by atoms with E-state index in [4.69, 9.17) is 4.74 Å². The zero-order valence-corrected chi connectivity index (χ0v) is 33.4. The Labute approximate surface area is 337 Å². The zero-order chi connectivity index (χ0) is 40.8. The van der Waals surface area contributed by atoms with Crippen LogP contribution in [0.5, 0.6) is 0 Å². The van der Waals surface area contributed by atoms with Crippen LogP contribution in [0.1, 0.15) is 102 Å². The Kier molecular flexibility index (Phi) is 13.8. The Balaban J connectivity index is 1.35. The summed E-state index contributed by atoms with van der Waals surface area (Å²) >= 11 is 1.41. The first-order valence-electron chi connectivity index (χ1n) is 20.4. The van der Waals surface area contributed by atoms with Crippen LogP contribution in [-0.4, -0.2) is 97.8 Å². The molecule has 57 heavy (non-hydrogen) atoms. The van der Waals surface area contributed by atoms with Gasteiger partial charge in [-0.2, -0.15) is 0 Å². The summed E-state index contributed by atoms with van der Waals surface area (Å²) in [6.07, 6.45) is 16.2. The molecule has 15 nitrogen and oxygen atoms in total. The monoisotopic (exact) mass is 811 g/mol. The number of allylic oxidation sites excluding steroid dienone is 1. The summed E-state index contributed by atoms with van der Waals surface area (Å²) in [6, 6.07) is 2.71. The Morgan fingerprint density at radius 2 is 1.65 bits per heavy atom. The summed E-state index contributed by atoms with van der Waals surface area (Å²) in [5, 5.41) is 49.1. The number of carbonyl (C=O) groups is 5. The molecule has 312 valence electrons. The van der Waals surface area contributed by atoms with Gasteiger partial charge >= 0.3 is 17.9 Å². The number of nitrogens with zero attached hydrogens (tertiary/aromatic N) is 1. The van der Waals surface area contributed by atoms with Gasteiger partial charge in [0.15, 0.2) is 0 Å². The minimum Gasteiger partial charge on any atom is -0.478 e. The van der Waals surface area contributed by atoms with Gasteiger partial charge in [-0.05, 0) is 92.0 Å². The third-order valence-electron chi connectivity index (χ3n) is 13.1. The van der Waals surface area contributed by atoms with Crippen LogP contribution in [-0.2, 0) is 35.1 Å². The highest BCUT2D eigenvalue weighted by atomic mass is 32.2.